The minimum absolute atomic E-state index is 0.0268. The maximum Gasteiger partial charge on any atom is 0.176 e. The Morgan fingerprint density at radius 2 is 2.12 bits per heavy atom. The molecule has 0 atom stereocenters. The van der Waals surface area contributed by atoms with Crippen molar-refractivity contribution in [2.75, 3.05) is 0 Å². The highest BCUT2D eigenvalue weighted by Crippen LogP contribution is 2.17. The van der Waals surface area contributed by atoms with E-state index in [4.69, 9.17) is 0 Å². The van der Waals surface area contributed by atoms with E-state index in [1.54, 1.807) is 13.0 Å². The first kappa shape index (κ1) is 12.7. The maximum atomic E-state index is 11.5. The Labute approximate surface area is 96.5 Å². The number of carbonyl (C=O) groups excluding carboxylic acids is 2. The zero-order chi connectivity index (χ0) is 12.1. The molecule has 0 bridgehead atoms. The summed E-state index contributed by atoms with van der Waals surface area (Å²) in [6.07, 6.45) is 3.73. The summed E-state index contributed by atoms with van der Waals surface area (Å²) in [5.74, 6) is 0.0268. The zero-order valence-corrected chi connectivity index (χ0v) is 10.2. The van der Waals surface area contributed by atoms with E-state index in [9.17, 15) is 9.59 Å². The van der Waals surface area contributed by atoms with Gasteiger partial charge in [-0.2, -0.15) is 0 Å². The van der Waals surface area contributed by atoms with Gasteiger partial charge in [-0.25, -0.2) is 0 Å². The van der Waals surface area contributed by atoms with E-state index in [1.807, 2.05) is 11.5 Å². The van der Waals surface area contributed by atoms with Gasteiger partial charge in [0.15, 0.2) is 12.1 Å². The van der Waals surface area contributed by atoms with E-state index in [-0.39, 0.29) is 5.78 Å². The number of Topliss-reactive ketones (excluding diaryl/α,β-unsaturated/α-hetero) is 1. The molecule has 0 amide bonds. The number of aldehydes is 1. The third-order valence-corrected chi connectivity index (χ3v) is 2.80. The van der Waals surface area contributed by atoms with Gasteiger partial charge in [-0.15, -0.1) is 0 Å². The van der Waals surface area contributed by atoms with Crippen molar-refractivity contribution in [2.24, 2.45) is 0 Å². The molecule has 1 aromatic rings. The topological polar surface area (TPSA) is 39.1 Å². The third-order valence-electron chi connectivity index (χ3n) is 2.80. The molecule has 0 unspecified atom stereocenters. The van der Waals surface area contributed by atoms with Crippen LogP contribution in [0.2, 0.25) is 0 Å². The smallest absolute Gasteiger partial charge is 0.176 e. The fourth-order valence-electron chi connectivity index (χ4n) is 1.97. The molecule has 3 nitrogen and oxygen atoms in total. The van der Waals surface area contributed by atoms with Crippen LogP contribution >= 0.6 is 0 Å². The van der Waals surface area contributed by atoms with Gasteiger partial charge in [-0.1, -0.05) is 20.3 Å². The van der Waals surface area contributed by atoms with Crippen LogP contribution in [0.15, 0.2) is 6.07 Å². The van der Waals surface area contributed by atoms with Gasteiger partial charge >= 0.3 is 0 Å². The number of aromatic nitrogens is 1. The lowest BCUT2D eigenvalue weighted by Crippen LogP contribution is -2.10. The summed E-state index contributed by atoms with van der Waals surface area (Å²) in [6.45, 7) is 6.49. The molecule has 1 rings (SSSR count). The third kappa shape index (κ3) is 2.40. The summed E-state index contributed by atoms with van der Waals surface area (Å²) in [6, 6.07) is 1.71. The molecule has 1 aromatic heterocycles. The molecule has 0 spiro atoms. The molecule has 0 saturated carbocycles. The first-order chi connectivity index (χ1) is 7.65. The number of unbranched alkanes of at least 4 members (excludes halogenated alkanes) is 1. The largest absolute Gasteiger partial charge is 0.342 e. The van der Waals surface area contributed by atoms with Crippen LogP contribution in [0.4, 0.5) is 0 Å². The number of hydrogen-bond acceptors (Lipinski definition) is 2. The molecular weight excluding hydrogens is 202 g/mol. The van der Waals surface area contributed by atoms with Crippen LogP contribution < -0.4 is 0 Å². The van der Waals surface area contributed by atoms with E-state index in [0.717, 1.165) is 37.8 Å². The maximum absolute atomic E-state index is 11.5. The molecule has 0 radical (unpaired) electrons. The van der Waals surface area contributed by atoms with E-state index < -0.39 is 0 Å². The first-order valence-corrected chi connectivity index (χ1v) is 5.84. The van der Waals surface area contributed by atoms with Crippen LogP contribution in [0.25, 0.3) is 0 Å². The Bertz CT molecular complexity index is 391. The van der Waals surface area contributed by atoms with Gasteiger partial charge in [0.25, 0.3) is 0 Å². The van der Waals surface area contributed by atoms with Crippen molar-refractivity contribution in [3.8, 4) is 0 Å². The summed E-state index contributed by atoms with van der Waals surface area (Å²) in [5, 5.41) is 0. The Morgan fingerprint density at radius 3 is 2.56 bits per heavy atom. The Hall–Kier alpha value is -1.38. The van der Waals surface area contributed by atoms with Gasteiger partial charge in [0.05, 0.1) is 5.69 Å². The highest BCUT2D eigenvalue weighted by molar-refractivity contribution is 5.95. The molecule has 0 aromatic carbocycles. The zero-order valence-electron chi connectivity index (χ0n) is 10.2. The highest BCUT2D eigenvalue weighted by atomic mass is 16.1. The summed E-state index contributed by atoms with van der Waals surface area (Å²) in [5.41, 5.74) is 2.30. The van der Waals surface area contributed by atoms with Crippen molar-refractivity contribution in [1.82, 2.24) is 4.57 Å². The normalized spacial score (nSPS) is 10.4. The summed E-state index contributed by atoms with van der Waals surface area (Å²) >= 11 is 0. The van der Waals surface area contributed by atoms with Crippen LogP contribution in [0, 0.1) is 0 Å². The van der Waals surface area contributed by atoms with Crippen molar-refractivity contribution in [3.63, 3.8) is 0 Å². The van der Waals surface area contributed by atoms with Gasteiger partial charge in [0, 0.05) is 24.7 Å². The lowest BCUT2D eigenvalue weighted by Gasteiger charge is -2.10. The summed E-state index contributed by atoms with van der Waals surface area (Å²) < 4.78 is 2.00. The van der Waals surface area contributed by atoms with Crippen LogP contribution in [-0.4, -0.2) is 16.6 Å². The van der Waals surface area contributed by atoms with Gasteiger partial charge < -0.3 is 4.57 Å². The molecule has 0 aliphatic carbocycles. The minimum atomic E-state index is 0.0268. The fraction of sp³-hybridized carbons (Fsp3) is 0.538. The second-order valence-corrected chi connectivity index (χ2v) is 3.96. The predicted molar refractivity (Wildman–Crippen MR) is 64.1 cm³/mol. The fourth-order valence-corrected chi connectivity index (χ4v) is 1.97. The monoisotopic (exact) mass is 221 g/mol. The Morgan fingerprint density at radius 1 is 1.44 bits per heavy atom. The Kier molecular flexibility index (Phi) is 4.47. The van der Waals surface area contributed by atoms with Crippen molar-refractivity contribution >= 4 is 12.1 Å². The molecule has 88 valence electrons. The minimum Gasteiger partial charge on any atom is -0.342 e. The number of hydrogen-bond donors (Lipinski definition) is 0. The molecule has 1 heterocycles. The number of rotatable bonds is 6. The van der Waals surface area contributed by atoms with Crippen LogP contribution in [-0.2, 0) is 13.0 Å². The van der Waals surface area contributed by atoms with Crippen molar-refractivity contribution in [1.29, 1.82) is 0 Å². The average Bonchev–Trinajstić information content (AvgIpc) is 2.63. The van der Waals surface area contributed by atoms with Gasteiger partial charge in [-0.3, -0.25) is 9.59 Å². The van der Waals surface area contributed by atoms with Crippen molar-refractivity contribution in [2.45, 2.75) is 46.6 Å². The molecule has 0 N–H and O–H groups in total. The SMILES string of the molecule is CCCCn1c(C(C)=O)cc(C=O)c1CC. The summed E-state index contributed by atoms with van der Waals surface area (Å²) in [7, 11) is 0. The van der Waals surface area contributed by atoms with E-state index in [1.165, 1.54) is 0 Å². The van der Waals surface area contributed by atoms with Gasteiger partial charge in [-0.05, 0) is 18.9 Å². The highest BCUT2D eigenvalue weighted by Gasteiger charge is 2.15. The quantitative estimate of drug-likeness (QED) is 0.547. The number of ketones is 1. The Balaban J connectivity index is 3.21. The second kappa shape index (κ2) is 5.64. The first-order valence-electron chi connectivity index (χ1n) is 5.84. The predicted octanol–water partition coefficient (Wildman–Crippen LogP) is 2.87. The molecule has 3 heteroatoms. The standard InChI is InChI=1S/C13H19NO2/c1-4-6-7-14-12(5-2)11(9-15)8-13(14)10(3)16/h8-9H,4-7H2,1-3H3. The molecule has 0 saturated heterocycles. The number of carbonyl (C=O) groups is 2. The van der Waals surface area contributed by atoms with Crippen LogP contribution in [0.1, 0.15) is 60.2 Å². The van der Waals surface area contributed by atoms with E-state index in [0.29, 0.717) is 11.3 Å². The van der Waals surface area contributed by atoms with Gasteiger partial charge in [0.2, 0.25) is 0 Å². The van der Waals surface area contributed by atoms with Crippen LogP contribution in [0.3, 0.4) is 0 Å². The molecule has 0 aliphatic rings. The average molecular weight is 221 g/mol. The second-order valence-electron chi connectivity index (χ2n) is 3.96. The molecule has 0 aliphatic heterocycles. The lowest BCUT2D eigenvalue weighted by molar-refractivity contribution is 0.100. The van der Waals surface area contributed by atoms with Crippen molar-refractivity contribution in [3.05, 3.63) is 23.0 Å². The summed E-state index contributed by atoms with van der Waals surface area (Å²) in [4.78, 5) is 22.4. The molecule has 0 fully saturated rings. The lowest BCUT2D eigenvalue weighted by atomic mass is 10.2. The molecular formula is C13H19NO2. The van der Waals surface area contributed by atoms with Gasteiger partial charge in [0.1, 0.15) is 0 Å². The van der Waals surface area contributed by atoms with E-state index in [2.05, 4.69) is 6.92 Å². The van der Waals surface area contributed by atoms with E-state index >= 15 is 0 Å². The van der Waals surface area contributed by atoms with Crippen molar-refractivity contribution < 1.29 is 9.59 Å². The number of nitrogens with zero attached hydrogens (tertiary/aromatic N) is 1. The van der Waals surface area contributed by atoms with Crippen LogP contribution in [0.5, 0.6) is 0 Å². The molecule has 16 heavy (non-hydrogen) atoms.